The third-order valence-electron chi connectivity index (χ3n) is 4.02. The van der Waals surface area contributed by atoms with Crippen molar-refractivity contribution in [2.24, 2.45) is 11.8 Å². The van der Waals surface area contributed by atoms with Crippen molar-refractivity contribution < 1.29 is 14.7 Å². The number of benzene rings is 1. The van der Waals surface area contributed by atoms with E-state index in [1.807, 2.05) is 37.3 Å². The van der Waals surface area contributed by atoms with Crippen LogP contribution in [0.15, 0.2) is 30.3 Å². The summed E-state index contributed by atoms with van der Waals surface area (Å²) in [6.45, 7) is 3.83. The Hall–Kier alpha value is -1.84. The van der Waals surface area contributed by atoms with Gasteiger partial charge in [0.1, 0.15) is 6.04 Å². The van der Waals surface area contributed by atoms with Crippen LogP contribution in [-0.4, -0.2) is 27.9 Å². The molecular formula is C16H21NO3. The van der Waals surface area contributed by atoms with Crippen molar-refractivity contribution in [3.8, 4) is 0 Å². The second-order valence-corrected chi connectivity index (χ2v) is 5.59. The summed E-state index contributed by atoms with van der Waals surface area (Å²) >= 11 is 0. The number of carbonyl (C=O) groups is 2. The van der Waals surface area contributed by atoms with Gasteiger partial charge >= 0.3 is 5.97 Å². The van der Waals surface area contributed by atoms with Crippen LogP contribution in [0.4, 0.5) is 0 Å². The number of carboxylic acids is 1. The Morgan fingerprint density at radius 3 is 2.35 bits per heavy atom. The molecule has 0 aliphatic heterocycles. The summed E-state index contributed by atoms with van der Waals surface area (Å²) in [6.07, 6.45) is 2.15. The zero-order chi connectivity index (χ0) is 14.7. The van der Waals surface area contributed by atoms with Gasteiger partial charge in [0, 0.05) is 12.5 Å². The highest BCUT2D eigenvalue weighted by atomic mass is 16.4. The van der Waals surface area contributed by atoms with Crippen LogP contribution >= 0.6 is 0 Å². The smallest absolute Gasteiger partial charge is 0.326 e. The molecule has 1 aliphatic carbocycles. The quantitative estimate of drug-likeness (QED) is 0.868. The van der Waals surface area contributed by atoms with E-state index in [-0.39, 0.29) is 11.8 Å². The molecule has 1 aromatic rings. The Kier molecular flexibility index (Phi) is 4.42. The van der Waals surface area contributed by atoms with Gasteiger partial charge in [0.05, 0.1) is 0 Å². The van der Waals surface area contributed by atoms with Gasteiger partial charge < -0.3 is 10.0 Å². The normalized spacial score (nSPS) is 17.3. The summed E-state index contributed by atoms with van der Waals surface area (Å²) in [5.41, 5.74) is 0.956. The lowest BCUT2D eigenvalue weighted by Crippen LogP contribution is -2.45. The van der Waals surface area contributed by atoms with Crippen LogP contribution in [0.25, 0.3) is 0 Å². The molecule has 2 atom stereocenters. The van der Waals surface area contributed by atoms with Crippen LogP contribution < -0.4 is 0 Å². The van der Waals surface area contributed by atoms with Crippen LogP contribution in [0.3, 0.4) is 0 Å². The van der Waals surface area contributed by atoms with E-state index in [1.165, 1.54) is 4.90 Å². The number of nitrogens with zero attached hydrogens (tertiary/aromatic N) is 1. The fourth-order valence-electron chi connectivity index (χ4n) is 2.38. The van der Waals surface area contributed by atoms with Gasteiger partial charge in [-0.1, -0.05) is 37.3 Å². The van der Waals surface area contributed by atoms with Crippen LogP contribution in [0, 0.1) is 11.8 Å². The fraction of sp³-hybridized carbons (Fsp3) is 0.500. The predicted molar refractivity (Wildman–Crippen MR) is 76.0 cm³/mol. The number of rotatable bonds is 6. The monoisotopic (exact) mass is 275 g/mol. The molecule has 0 saturated heterocycles. The number of hydrogen-bond donors (Lipinski definition) is 1. The molecule has 1 fully saturated rings. The number of carbonyl (C=O) groups excluding carboxylic acids is 1. The average molecular weight is 275 g/mol. The maximum atomic E-state index is 12.5. The van der Waals surface area contributed by atoms with Crippen molar-refractivity contribution in [1.29, 1.82) is 0 Å². The lowest BCUT2D eigenvalue weighted by Gasteiger charge is -2.29. The van der Waals surface area contributed by atoms with Crippen molar-refractivity contribution >= 4 is 11.9 Å². The highest BCUT2D eigenvalue weighted by molar-refractivity contribution is 5.85. The summed E-state index contributed by atoms with van der Waals surface area (Å²) in [5, 5.41) is 9.22. The Morgan fingerprint density at radius 1 is 1.25 bits per heavy atom. The molecule has 1 saturated carbocycles. The largest absolute Gasteiger partial charge is 0.480 e. The molecular weight excluding hydrogens is 254 g/mol. The molecule has 0 spiro atoms. The van der Waals surface area contributed by atoms with E-state index in [9.17, 15) is 14.7 Å². The standard InChI is InChI=1S/C16H21NO3/c1-11(14-8-9-14)15(18)17(12(2)16(19)20)10-13-6-4-3-5-7-13/h3-7,11-12,14H,8-10H2,1-2H3,(H,19,20). The minimum Gasteiger partial charge on any atom is -0.480 e. The summed E-state index contributed by atoms with van der Waals surface area (Å²) in [5.74, 6) is -0.661. The second-order valence-electron chi connectivity index (χ2n) is 5.59. The van der Waals surface area contributed by atoms with Crippen LogP contribution in [-0.2, 0) is 16.1 Å². The minimum atomic E-state index is -0.961. The molecule has 1 N–H and O–H groups in total. The van der Waals surface area contributed by atoms with Gasteiger partial charge in [-0.05, 0) is 31.2 Å². The van der Waals surface area contributed by atoms with E-state index in [0.717, 1.165) is 18.4 Å². The highest BCUT2D eigenvalue weighted by Gasteiger charge is 2.37. The molecule has 2 rings (SSSR count). The van der Waals surface area contributed by atoms with E-state index in [1.54, 1.807) is 6.92 Å². The van der Waals surface area contributed by atoms with E-state index in [0.29, 0.717) is 12.5 Å². The van der Waals surface area contributed by atoms with E-state index in [4.69, 9.17) is 0 Å². The zero-order valence-corrected chi connectivity index (χ0v) is 12.0. The number of hydrogen-bond acceptors (Lipinski definition) is 2. The first-order chi connectivity index (χ1) is 9.50. The maximum Gasteiger partial charge on any atom is 0.326 e. The fourth-order valence-corrected chi connectivity index (χ4v) is 2.38. The number of amides is 1. The Morgan fingerprint density at radius 2 is 1.85 bits per heavy atom. The van der Waals surface area contributed by atoms with E-state index < -0.39 is 12.0 Å². The van der Waals surface area contributed by atoms with Gasteiger partial charge in [-0.25, -0.2) is 4.79 Å². The zero-order valence-electron chi connectivity index (χ0n) is 12.0. The molecule has 4 nitrogen and oxygen atoms in total. The Labute approximate surface area is 119 Å². The maximum absolute atomic E-state index is 12.5. The third-order valence-corrected chi connectivity index (χ3v) is 4.02. The molecule has 1 amide bonds. The first kappa shape index (κ1) is 14.6. The highest BCUT2D eigenvalue weighted by Crippen LogP contribution is 2.37. The summed E-state index contributed by atoms with van der Waals surface area (Å²) < 4.78 is 0. The topological polar surface area (TPSA) is 57.6 Å². The van der Waals surface area contributed by atoms with Gasteiger partial charge in [0.15, 0.2) is 0 Å². The molecule has 20 heavy (non-hydrogen) atoms. The summed E-state index contributed by atoms with van der Waals surface area (Å²) in [4.78, 5) is 25.3. The van der Waals surface area contributed by atoms with Crippen molar-refractivity contribution in [3.63, 3.8) is 0 Å². The average Bonchev–Trinajstić information content (AvgIpc) is 3.28. The minimum absolute atomic E-state index is 0.0498. The predicted octanol–water partition coefficient (Wildman–Crippen LogP) is 2.53. The van der Waals surface area contributed by atoms with E-state index in [2.05, 4.69) is 0 Å². The SMILES string of the molecule is CC(C(=O)N(Cc1ccccc1)C(C)C(=O)O)C1CC1. The molecule has 1 aliphatic rings. The van der Waals surface area contributed by atoms with Crippen LogP contribution in [0.5, 0.6) is 0 Å². The van der Waals surface area contributed by atoms with Crippen LogP contribution in [0.1, 0.15) is 32.3 Å². The molecule has 1 aromatic carbocycles. The Balaban J connectivity index is 2.15. The molecule has 108 valence electrons. The number of aliphatic carboxylic acids is 1. The Bertz CT molecular complexity index is 482. The van der Waals surface area contributed by atoms with Gasteiger partial charge in [-0.2, -0.15) is 0 Å². The van der Waals surface area contributed by atoms with E-state index >= 15 is 0 Å². The first-order valence-electron chi connectivity index (χ1n) is 7.08. The van der Waals surface area contributed by atoms with Crippen molar-refractivity contribution in [2.75, 3.05) is 0 Å². The summed E-state index contributed by atoms with van der Waals surface area (Å²) in [6, 6.07) is 8.72. The molecule has 4 heteroatoms. The summed E-state index contributed by atoms with van der Waals surface area (Å²) in [7, 11) is 0. The van der Waals surface area contributed by atoms with Crippen LogP contribution in [0.2, 0.25) is 0 Å². The second kappa shape index (κ2) is 6.07. The number of carboxylic acid groups (broad SMARTS) is 1. The van der Waals surface area contributed by atoms with Crippen molar-refractivity contribution in [2.45, 2.75) is 39.3 Å². The molecule has 0 aromatic heterocycles. The molecule has 2 unspecified atom stereocenters. The van der Waals surface area contributed by atoms with Gasteiger partial charge in [-0.3, -0.25) is 4.79 Å². The third kappa shape index (κ3) is 3.38. The van der Waals surface area contributed by atoms with Crippen molar-refractivity contribution in [3.05, 3.63) is 35.9 Å². The molecule has 0 heterocycles. The van der Waals surface area contributed by atoms with Gasteiger partial charge in [0.2, 0.25) is 5.91 Å². The molecule has 0 radical (unpaired) electrons. The lowest BCUT2D eigenvalue weighted by atomic mass is 10.0. The van der Waals surface area contributed by atoms with Gasteiger partial charge in [0.25, 0.3) is 0 Å². The lowest BCUT2D eigenvalue weighted by molar-refractivity contribution is -0.152. The van der Waals surface area contributed by atoms with Gasteiger partial charge in [-0.15, -0.1) is 0 Å². The first-order valence-corrected chi connectivity index (χ1v) is 7.08. The van der Waals surface area contributed by atoms with Crippen molar-refractivity contribution in [1.82, 2.24) is 4.90 Å². The molecule has 0 bridgehead atoms.